The molecule has 0 bridgehead atoms. The highest BCUT2D eigenvalue weighted by atomic mass is 19.1. The van der Waals surface area contributed by atoms with Crippen LogP contribution >= 0.6 is 0 Å². The van der Waals surface area contributed by atoms with Gasteiger partial charge < -0.3 is 15.0 Å². The van der Waals surface area contributed by atoms with Gasteiger partial charge in [-0.15, -0.1) is 0 Å². The molecule has 0 saturated carbocycles. The van der Waals surface area contributed by atoms with Gasteiger partial charge >= 0.3 is 0 Å². The Labute approximate surface area is 174 Å². The summed E-state index contributed by atoms with van der Waals surface area (Å²) < 4.78 is 18.8. The van der Waals surface area contributed by atoms with Crippen molar-refractivity contribution in [1.82, 2.24) is 0 Å². The maximum Gasteiger partial charge on any atom is 0.268 e. The van der Waals surface area contributed by atoms with Crippen LogP contribution in [0.1, 0.15) is 18.1 Å². The molecule has 1 aliphatic rings. The van der Waals surface area contributed by atoms with Crippen molar-refractivity contribution in [3.05, 3.63) is 89.7 Å². The van der Waals surface area contributed by atoms with Crippen LogP contribution in [-0.4, -0.2) is 17.9 Å². The monoisotopic (exact) mass is 404 g/mol. The number of carbonyl (C=O) groups is 2. The second-order valence-corrected chi connectivity index (χ2v) is 7.20. The second kappa shape index (κ2) is 8.37. The van der Waals surface area contributed by atoms with Crippen molar-refractivity contribution in [3.8, 4) is 5.75 Å². The molecule has 1 aliphatic heterocycles. The van der Waals surface area contributed by atoms with Gasteiger partial charge in [0.05, 0.1) is 18.7 Å². The van der Waals surface area contributed by atoms with Gasteiger partial charge in [0.2, 0.25) is 5.91 Å². The van der Waals surface area contributed by atoms with E-state index < -0.39 is 6.10 Å². The number of hydrogen-bond acceptors (Lipinski definition) is 3. The van der Waals surface area contributed by atoms with Crippen molar-refractivity contribution in [1.29, 1.82) is 0 Å². The molecule has 0 aromatic heterocycles. The lowest BCUT2D eigenvalue weighted by Crippen LogP contribution is -2.44. The number of rotatable bonds is 5. The smallest absolute Gasteiger partial charge is 0.268 e. The summed E-state index contributed by atoms with van der Waals surface area (Å²) in [6.07, 6.45) is -0.487. The molecule has 0 aliphatic carbocycles. The highest BCUT2D eigenvalue weighted by molar-refractivity contribution is 6.00. The third-order valence-electron chi connectivity index (χ3n) is 4.91. The molecule has 0 spiro atoms. The van der Waals surface area contributed by atoms with Crippen LogP contribution in [0.15, 0.2) is 72.8 Å². The van der Waals surface area contributed by atoms with Crippen molar-refractivity contribution in [3.63, 3.8) is 0 Å². The molecule has 0 fully saturated rings. The summed E-state index contributed by atoms with van der Waals surface area (Å²) in [4.78, 5) is 26.7. The van der Waals surface area contributed by atoms with Gasteiger partial charge in [0.1, 0.15) is 11.6 Å². The molecule has 1 N–H and O–H groups in total. The molecule has 2 amide bonds. The molecule has 3 aromatic rings. The summed E-state index contributed by atoms with van der Waals surface area (Å²) in [5.41, 5.74) is 2.97. The summed E-state index contributed by atoms with van der Waals surface area (Å²) >= 11 is 0. The van der Waals surface area contributed by atoms with E-state index in [9.17, 15) is 14.0 Å². The lowest BCUT2D eigenvalue weighted by atomic mass is 10.1. The second-order valence-electron chi connectivity index (χ2n) is 7.20. The molecule has 1 atom stereocenters. The van der Waals surface area contributed by atoms with Crippen molar-refractivity contribution in [2.45, 2.75) is 26.0 Å². The van der Waals surface area contributed by atoms with Gasteiger partial charge in [-0.2, -0.15) is 0 Å². The zero-order valence-electron chi connectivity index (χ0n) is 16.5. The Kier molecular flexibility index (Phi) is 5.48. The minimum atomic E-state index is -0.619. The molecule has 152 valence electrons. The molecule has 30 heavy (non-hydrogen) atoms. The van der Waals surface area contributed by atoms with Crippen LogP contribution in [-0.2, 0) is 22.6 Å². The molecule has 6 heteroatoms. The normalized spacial score (nSPS) is 15.3. The highest BCUT2D eigenvalue weighted by Gasteiger charge is 2.31. The summed E-state index contributed by atoms with van der Waals surface area (Å²) in [6, 6.07) is 20.8. The van der Waals surface area contributed by atoms with E-state index in [1.807, 2.05) is 30.3 Å². The van der Waals surface area contributed by atoms with Crippen LogP contribution in [0.4, 0.5) is 15.8 Å². The first kappa shape index (κ1) is 19.6. The van der Waals surface area contributed by atoms with E-state index in [1.165, 1.54) is 12.1 Å². The van der Waals surface area contributed by atoms with Gasteiger partial charge in [-0.3, -0.25) is 9.59 Å². The maximum absolute atomic E-state index is 13.0. The lowest BCUT2D eigenvalue weighted by molar-refractivity contribution is -0.125. The average molecular weight is 404 g/mol. The number of anilines is 2. The number of amides is 2. The van der Waals surface area contributed by atoms with Crippen LogP contribution < -0.4 is 15.0 Å². The first-order chi connectivity index (χ1) is 14.5. The first-order valence-electron chi connectivity index (χ1n) is 9.70. The maximum atomic E-state index is 13.0. The van der Waals surface area contributed by atoms with E-state index >= 15 is 0 Å². The average Bonchev–Trinajstić information content (AvgIpc) is 2.74. The molecule has 0 radical (unpaired) electrons. The van der Waals surface area contributed by atoms with Gasteiger partial charge in [0, 0.05) is 11.8 Å². The van der Waals surface area contributed by atoms with E-state index in [0.717, 1.165) is 11.1 Å². The van der Waals surface area contributed by atoms with Crippen molar-refractivity contribution < 1.29 is 18.7 Å². The Morgan fingerprint density at radius 1 is 1.03 bits per heavy atom. The van der Waals surface area contributed by atoms with E-state index in [-0.39, 0.29) is 24.1 Å². The number of nitrogens with zero attached hydrogens (tertiary/aromatic N) is 1. The van der Waals surface area contributed by atoms with Crippen LogP contribution in [0, 0.1) is 5.82 Å². The Morgan fingerprint density at radius 2 is 1.77 bits per heavy atom. The van der Waals surface area contributed by atoms with Gasteiger partial charge in [0.15, 0.2) is 6.10 Å². The molecule has 4 rings (SSSR count). The number of benzene rings is 3. The summed E-state index contributed by atoms with van der Waals surface area (Å²) in [5, 5.41) is 2.83. The largest absolute Gasteiger partial charge is 0.479 e. The Balaban J connectivity index is 1.51. The fourth-order valence-corrected chi connectivity index (χ4v) is 3.41. The number of halogens is 1. The molecule has 1 heterocycles. The number of ether oxygens (including phenoxy) is 1. The minimum absolute atomic E-state index is 0.112. The van der Waals surface area contributed by atoms with E-state index in [2.05, 4.69) is 5.32 Å². The van der Waals surface area contributed by atoms with E-state index in [4.69, 9.17) is 4.74 Å². The molecule has 0 saturated heterocycles. The van der Waals surface area contributed by atoms with Crippen LogP contribution in [0.2, 0.25) is 0 Å². The number of carbonyl (C=O) groups excluding carboxylic acids is 2. The van der Waals surface area contributed by atoms with Gasteiger partial charge in [-0.1, -0.05) is 42.5 Å². The number of nitrogens with one attached hydrogen (secondary N) is 1. The summed E-state index contributed by atoms with van der Waals surface area (Å²) in [5.74, 6) is -0.130. The Bertz CT molecular complexity index is 1070. The summed E-state index contributed by atoms with van der Waals surface area (Å²) in [7, 11) is 0. The molecular weight excluding hydrogens is 383 g/mol. The Morgan fingerprint density at radius 3 is 2.50 bits per heavy atom. The van der Waals surface area contributed by atoms with Crippen molar-refractivity contribution in [2.75, 3.05) is 10.2 Å². The predicted octanol–water partition coefficient (Wildman–Crippen LogP) is 4.32. The topological polar surface area (TPSA) is 58.6 Å². The minimum Gasteiger partial charge on any atom is -0.479 e. The van der Waals surface area contributed by atoms with Gasteiger partial charge in [-0.05, 0) is 42.3 Å². The van der Waals surface area contributed by atoms with Crippen LogP contribution in [0.5, 0.6) is 5.75 Å². The SMILES string of the molecule is CC1Oc2cc(NC(=O)Cc3ccc(F)cc3)ccc2N(Cc2ccccc2)C1=O. The van der Waals surface area contributed by atoms with E-state index in [0.29, 0.717) is 23.7 Å². The molecule has 5 nitrogen and oxygen atoms in total. The molecular formula is C24H21FN2O3. The van der Waals surface area contributed by atoms with Crippen LogP contribution in [0.3, 0.4) is 0 Å². The summed E-state index contributed by atoms with van der Waals surface area (Å²) in [6.45, 7) is 2.15. The third kappa shape index (κ3) is 4.33. The third-order valence-corrected chi connectivity index (χ3v) is 4.91. The van der Waals surface area contributed by atoms with Gasteiger partial charge in [-0.25, -0.2) is 4.39 Å². The zero-order valence-corrected chi connectivity index (χ0v) is 16.5. The standard InChI is InChI=1S/C24H21FN2O3/c1-16-24(29)27(15-18-5-3-2-4-6-18)21-12-11-20(14-22(21)30-16)26-23(28)13-17-7-9-19(25)10-8-17/h2-12,14,16H,13,15H2,1H3,(H,26,28). The fraction of sp³-hybridized carbons (Fsp3) is 0.167. The van der Waals surface area contributed by atoms with Gasteiger partial charge in [0.25, 0.3) is 5.91 Å². The number of fused-ring (bicyclic) bond motifs is 1. The first-order valence-corrected chi connectivity index (χ1v) is 9.70. The van der Waals surface area contributed by atoms with Crippen molar-refractivity contribution in [2.24, 2.45) is 0 Å². The molecule has 1 unspecified atom stereocenters. The van der Waals surface area contributed by atoms with Crippen molar-refractivity contribution >= 4 is 23.2 Å². The van der Waals surface area contributed by atoms with E-state index in [1.54, 1.807) is 42.2 Å². The predicted molar refractivity (Wildman–Crippen MR) is 113 cm³/mol. The quantitative estimate of drug-likeness (QED) is 0.689. The fourth-order valence-electron chi connectivity index (χ4n) is 3.41. The zero-order chi connectivity index (χ0) is 21.1. The highest BCUT2D eigenvalue weighted by Crippen LogP contribution is 2.37. The van der Waals surface area contributed by atoms with Crippen LogP contribution in [0.25, 0.3) is 0 Å². The lowest BCUT2D eigenvalue weighted by Gasteiger charge is -2.33. The molecule has 3 aromatic carbocycles. The Hall–Kier alpha value is -3.67. The number of hydrogen-bond donors (Lipinski definition) is 1.